The maximum atomic E-state index is 12.9. The standard InChI is InChI=1S/C21H20N2O4/c1-12-7-8-16(13(2)11-12)22-19(25)17-9-10-18(24)23(17)20-14-5-3-4-6-15(14)21(26)27-20/h3-8,11,17,20H,9-10H2,1-2H3,(H,22,25)/t17-,20+/m0/s1. The number of cyclic esters (lactones) is 1. The fourth-order valence-electron chi connectivity index (χ4n) is 3.76. The molecule has 6 heteroatoms. The molecular weight excluding hydrogens is 344 g/mol. The highest BCUT2D eigenvalue weighted by atomic mass is 16.6. The largest absolute Gasteiger partial charge is 0.433 e. The Bertz CT molecular complexity index is 953. The number of benzene rings is 2. The Hall–Kier alpha value is -3.15. The molecule has 0 radical (unpaired) electrons. The van der Waals surface area contributed by atoms with E-state index in [1.165, 1.54) is 4.90 Å². The lowest BCUT2D eigenvalue weighted by Crippen LogP contribution is -2.44. The number of carbonyl (C=O) groups is 3. The van der Waals surface area contributed by atoms with E-state index in [1.54, 1.807) is 24.3 Å². The molecule has 27 heavy (non-hydrogen) atoms. The van der Waals surface area contributed by atoms with E-state index in [-0.39, 0.29) is 18.2 Å². The Morgan fingerprint density at radius 1 is 1.15 bits per heavy atom. The van der Waals surface area contributed by atoms with Gasteiger partial charge in [-0.3, -0.25) is 14.5 Å². The number of aryl methyl sites for hydroxylation is 2. The Morgan fingerprint density at radius 2 is 1.93 bits per heavy atom. The lowest BCUT2D eigenvalue weighted by Gasteiger charge is -2.29. The Labute approximate surface area is 157 Å². The van der Waals surface area contributed by atoms with Crippen LogP contribution in [0.5, 0.6) is 0 Å². The van der Waals surface area contributed by atoms with E-state index in [9.17, 15) is 14.4 Å². The van der Waals surface area contributed by atoms with Crippen LogP contribution in [0.15, 0.2) is 42.5 Å². The number of ether oxygens (including phenoxy) is 1. The number of esters is 1. The summed E-state index contributed by atoms with van der Waals surface area (Å²) in [7, 11) is 0. The van der Waals surface area contributed by atoms with Crippen LogP contribution in [0, 0.1) is 13.8 Å². The van der Waals surface area contributed by atoms with Crippen LogP contribution >= 0.6 is 0 Å². The smallest absolute Gasteiger partial charge is 0.340 e. The van der Waals surface area contributed by atoms with Crippen LogP contribution in [0.25, 0.3) is 0 Å². The maximum Gasteiger partial charge on any atom is 0.340 e. The molecule has 6 nitrogen and oxygen atoms in total. The molecule has 0 spiro atoms. The van der Waals surface area contributed by atoms with Crippen molar-refractivity contribution < 1.29 is 19.1 Å². The second-order valence-electron chi connectivity index (χ2n) is 7.01. The fraction of sp³-hybridized carbons (Fsp3) is 0.286. The van der Waals surface area contributed by atoms with Crippen molar-refractivity contribution in [2.45, 2.75) is 39.0 Å². The Kier molecular flexibility index (Phi) is 4.18. The maximum absolute atomic E-state index is 12.9. The normalized spacial score (nSPS) is 21.2. The molecule has 0 saturated carbocycles. The molecule has 2 atom stereocenters. The van der Waals surface area contributed by atoms with Crippen LogP contribution in [0.3, 0.4) is 0 Å². The average molecular weight is 364 g/mol. The SMILES string of the molecule is Cc1ccc(NC(=O)[C@@H]2CCC(=O)N2[C@@H]2OC(=O)c3ccccc32)c(C)c1. The molecule has 1 N–H and O–H groups in total. The summed E-state index contributed by atoms with van der Waals surface area (Å²) in [6.45, 7) is 3.91. The zero-order valence-corrected chi connectivity index (χ0v) is 15.2. The molecule has 2 aliphatic heterocycles. The van der Waals surface area contributed by atoms with E-state index in [1.807, 2.05) is 32.0 Å². The number of rotatable bonds is 3. The summed E-state index contributed by atoms with van der Waals surface area (Å²) in [6.07, 6.45) is -0.203. The summed E-state index contributed by atoms with van der Waals surface area (Å²) in [4.78, 5) is 39.0. The van der Waals surface area contributed by atoms with Crippen molar-refractivity contribution in [3.05, 3.63) is 64.7 Å². The number of amides is 2. The van der Waals surface area contributed by atoms with Crippen molar-refractivity contribution in [3.63, 3.8) is 0 Å². The molecule has 2 aliphatic rings. The predicted octanol–water partition coefficient (Wildman–Crippen LogP) is 3.10. The summed E-state index contributed by atoms with van der Waals surface area (Å²) in [5, 5.41) is 2.92. The van der Waals surface area contributed by atoms with Gasteiger partial charge in [-0.25, -0.2) is 4.79 Å². The molecular formula is C21H20N2O4. The van der Waals surface area contributed by atoms with E-state index in [0.29, 0.717) is 23.2 Å². The van der Waals surface area contributed by atoms with Crippen LogP contribution in [-0.4, -0.2) is 28.7 Å². The van der Waals surface area contributed by atoms with E-state index < -0.39 is 18.2 Å². The van der Waals surface area contributed by atoms with Crippen molar-refractivity contribution in [3.8, 4) is 0 Å². The fourth-order valence-corrected chi connectivity index (χ4v) is 3.76. The second kappa shape index (κ2) is 6.54. The van der Waals surface area contributed by atoms with Crippen molar-refractivity contribution in [1.82, 2.24) is 4.90 Å². The summed E-state index contributed by atoms with van der Waals surface area (Å²) in [6, 6.07) is 12.1. The van der Waals surface area contributed by atoms with Gasteiger partial charge in [0.2, 0.25) is 18.0 Å². The van der Waals surface area contributed by atoms with E-state index >= 15 is 0 Å². The minimum Gasteiger partial charge on any atom is -0.433 e. The number of likely N-dealkylation sites (tertiary alicyclic amines) is 1. The second-order valence-corrected chi connectivity index (χ2v) is 7.01. The molecule has 4 rings (SSSR count). The molecule has 2 aromatic carbocycles. The van der Waals surface area contributed by atoms with Gasteiger partial charge in [0.15, 0.2) is 0 Å². The molecule has 0 aromatic heterocycles. The molecule has 138 valence electrons. The van der Waals surface area contributed by atoms with E-state index in [2.05, 4.69) is 5.32 Å². The van der Waals surface area contributed by atoms with Gasteiger partial charge in [0, 0.05) is 17.7 Å². The van der Waals surface area contributed by atoms with Crippen LogP contribution in [-0.2, 0) is 14.3 Å². The summed E-state index contributed by atoms with van der Waals surface area (Å²) < 4.78 is 5.44. The predicted molar refractivity (Wildman–Crippen MR) is 99.0 cm³/mol. The Morgan fingerprint density at radius 3 is 2.70 bits per heavy atom. The number of nitrogens with zero attached hydrogens (tertiary/aromatic N) is 1. The topological polar surface area (TPSA) is 75.7 Å². The zero-order valence-electron chi connectivity index (χ0n) is 15.2. The number of hydrogen-bond donors (Lipinski definition) is 1. The van der Waals surface area contributed by atoms with Gasteiger partial charge in [-0.2, -0.15) is 0 Å². The third kappa shape index (κ3) is 2.97. The summed E-state index contributed by atoms with van der Waals surface area (Å²) in [5.74, 6) is -0.928. The zero-order chi connectivity index (χ0) is 19.1. The van der Waals surface area contributed by atoms with Crippen LogP contribution in [0.1, 0.15) is 46.1 Å². The van der Waals surface area contributed by atoms with Crippen molar-refractivity contribution in [2.24, 2.45) is 0 Å². The van der Waals surface area contributed by atoms with Gasteiger partial charge in [-0.1, -0.05) is 35.9 Å². The minimum absolute atomic E-state index is 0.190. The van der Waals surface area contributed by atoms with Gasteiger partial charge < -0.3 is 10.1 Å². The van der Waals surface area contributed by atoms with Gasteiger partial charge >= 0.3 is 5.97 Å². The van der Waals surface area contributed by atoms with Crippen LogP contribution in [0.2, 0.25) is 0 Å². The van der Waals surface area contributed by atoms with E-state index in [4.69, 9.17) is 4.74 Å². The van der Waals surface area contributed by atoms with Gasteiger partial charge in [0.05, 0.1) is 5.56 Å². The molecule has 0 unspecified atom stereocenters. The first kappa shape index (κ1) is 17.3. The molecule has 2 aromatic rings. The van der Waals surface area contributed by atoms with Gasteiger partial charge in [0.1, 0.15) is 6.04 Å². The quantitative estimate of drug-likeness (QED) is 0.849. The van der Waals surface area contributed by atoms with E-state index in [0.717, 1.165) is 11.1 Å². The third-order valence-corrected chi connectivity index (χ3v) is 5.12. The number of fused-ring (bicyclic) bond motifs is 1. The van der Waals surface area contributed by atoms with Gasteiger partial charge in [-0.05, 0) is 38.0 Å². The van der Waals surface area contributed by atoms with Gasteiger partial charge in [0.25, 0.3) is 0 Å². The first-order valence-electron chi connectivity index (χ1n) is 8.95. The molecule has 0 aliphatic carbocycles. The number of carbonyl (C=O) groups excluding carboxylic acids is 3. The third-order valence-electron chi connectivity index (χ3n) is 5.12. The molecule has 2 heterocycles. The number of hydrogen-bond acceptors (Lipinski definition) is 4. The first-order chi connectivity index (χ1) is 13.0. The molecule has 0 bridgehead atoms. The summed E-state index contributed by atoms with van der Waals surface area (Å²) >= 11 is 0. The number of anilines is 1. The Balaban J connectivity index is 1.60. The monoisotopic (exact) mass is 364 g/mol. The highest BCUT2D eigenvalue weighted by molar-refractivity contribution is 6.00. The lowest BCUT2D eigenvalue weighted by atomic mass is 10.1. The molecule has 2 amide bonds. The minimum atomic E-state index is -0.849. The molecule has 1 fully saturated rings. The average Bonchev–Trinajstić information content (AvgIpc) is 3.18. The van der Waals surface area contributed by atoms with Crippen molar-refractivity contribution in [2.75, 3.05) is 5.32 Å². The van der Waals surface area contributed by atoms with Crippen molar-refractivity contribution >= 4 is 23.5 Å². The van der Waals surface area contributed by atoms with Gasteiger partial charge in [-0.15, -0.1) is 0 Å². The van der Waals surface area contributed by atoms with Crippen LogP contribution < -0.4 is 5.32 Å². The lowest BCUT2D eigenvalue weighted by molar-refractivity contribution is -0.144. The first-order valence-corrected chi connectivity index (χ1v) is 8.95. The number of nitrogens with one attached hydrogen (secondary N) is 1. The van der Waals surface area contributed by atoms with Crippen molar-refractivity contribution in [1.29, 1.82) is 0 Å². The highest BCUT2D eigenvalue weighted by Crippen LogP contribution is 2.38. The molecule has 1 saturated heterocycles. The highest BCUT2D eigenvalue weighted by Gasteiger charge is 2.46. The van der Waals surface area contributed by atoms with Crippen LogP contribution in [0.4, 0.5) is 5.69 Å². The summed E-state index contributed by atoms with van der Waals surface area (Å²) in [5.41, 5.74) is 3.85.